The molecule has 6 aliphatic rings. The molecular weight excluding hydrogens is 648 g/mol. The number of fused-ring (bicyclic) bond motifs is 4. The topological polar surface area (TPSA) is 178 Å². The lowest BCUT2D eigenvalue weighted by atomic mass is 9.34. The molecule has 282 valence electrons. The average Bonchev–Trinajstić information content (AvgIpc) is 3.59. The molecule has 15 atom stereocenters. The largest absolute Gasteiger partial charge is 0.465 e. The standard InChI is InChI=1S/C38H58O12/c1-19-14-22(48-33(19)45)15-24(47-21(3)40)20(2)23-8-9-27-36(6)12-11-28(50-34-32(44)31(43)30(42)25(17-39)49-34)35(4,5)26(36)10-13-37(27,7)38(23)16-29(41)46-18-38/h14,20,22-28,30-32,34,39,42-44H,8-13,15-18H2,1-7H3/t20-,22+,23-,24+,25-,26-,27-,28+,30-,31+,32-,34+,36+,37-,38+/m1/s1. The molecule has 12 heteroatoms. The maximum absolute atomic E-state index is 13.1. The summed E-state index contributed by atoms with van der Waals surface area (Å²) in [7, 11) is 0. The van der Waals surface area contributed by atoms with Gasteiger partial charge in [0.25, 0.3) is 0 Å². The lowest BCUT2D eigenvalue weighted by Crippen LogP contribution is -2.67. The Morgan fingerprint density at radius 3 is 2.32 bits per heavy atom. The Bertz CT molecular complexity index is 1360. The third kappa shape index (κ3) is 5.93. The predicted octanol–water partition coefficient (Wildman–Crippen LogP) is 3.20. The van der Waals surface area contributed by atoms with Crippen LogP contribution in [0.25, 0.3) is 0 Å². The molecule has 3 heterocycles. The molecular formula is C38H58O12. The highest BCUT2D eigenvalue weighted by Gasteiger charge is 2.71. The number of carbonyl (C=O) groups excluding carboxylic acids is 3. The van der Waals surface area contributed by atoms with Crippen LogP contribution in [0.15, 0.2) is 11.6 Å². The van der Waals surface area contributed by atoms with Gasteiger partial charge in [-0.05, 0) is 91.4 Å². The van der Waals surface area contributed by atoms with Crippen molar-refractivity contribution in [2.45, 2.75) is 149 Å². The fourth-order valence-electron chi connectivity index (χ4n) is 12.1. The van der Waals surface area contributed by atoms with Crippen molar-refractivity contribution in [3.8, 4) is 0 Å². The molecule has 50 heavy (non-hydrogen) atoms. The first-order valence-corrected chi connectivity index (χ1v) is 18.6. The normalized spacial score (nSPS) is 46.7. The van der Waals surface area contributed by atoms with E-state index in [4.69, 9.17) is 23.7 Å². The molecule has 5 fully saturated rings. The summed E-state index contributed by atoms with van der Waals surface area (Å²) in [6.07, 6.45) is -0.395. The second kappa shape index (κ2) is 13.4. The zero-order valence-electron chi connectivity index (χ0n) is 30.6. The number of rotatable bonds is 8. The fourth-order valence-corrected chi connectivity index (χ4v) is 12.1. The van der Waals surface area contributed by atoms with Crippen LogP contribution in [0, 0.1) is 45.3 Å². The number of hydrogen-bond acceptors (Lipinski definition) is 12. The highest BCUT2D eigenvalue weighted by molar-refractivity contribution is 5.90. The molecule has 0 aromatic carbocycles. The summed E-state index contributed by atoms with van der Waals surface area (Å²) in [4.78, 5) is 37.7. The van der Waals surface area contributed by atoms with Crippen LogP contribution in [0.5, 0.6) is 0 Å². The molecule has 2 saturated heterocycles. The van der Waals surface area contributed by atoms with Crippen LogP contribution in [-0.2, 0) is 38.1 Å². The highest BCUT2D eigenvalue weighted by Crippen LogP contribution is 2.74. The van der Waals surface area contributed by atoms with Gasteiger partial charge >= 0.3 is 17.9 Å². The Labute approximate surface area is 295 Å². The molecule has 0 aromatic heterocycles. The molecule has 6 rings (SSSR count). The van der Waals surface area contributed by atoms with Crippen molar-refractivity contribution in [1.29, 1.82) is 0 Å². The van der Waals surface area contributed by atoms with Gasteiger partial charge in [-0.2, -0.15) is 0 Å². The van der Waals surface area contributed by atoms with Crippen molar-refractivity contribution >= 4 is 17.9 Å². The molecule has 3 aliphatic carbocycles. The van der Waals surface area contributed by atoms with Crippen molar-refractivity contribution in [2.24, 2.45) is 45.3 Å². The number of esters is 3. The lowest BCUT2D eigenvalue weighted by molar-refractivity contribution is -0.331. The highest BCUT2D eigenvalue weighted by atomic mass is 16.7. The summed E-state index contributed by atoms with van der Waals surface area (Å²) < 4.78 is 29.6. The van der Waals surface area contributed by atoms with Gasteiger partial charge < -0.3 is 44.1 Å². The SMILES string of the molecule is CC(=O)O[C@@H](C[C@@H]1C=C(C)C(=O)O1)[C@H](C)[C@H]1CC[C@@H]2[C@@]3(C)CC[C@H](O[C@@H]4O[C@H](CO)[C@@H](O)[C@H](O)[C@H]4O)C(C)(C)[C@H]3CC[C@@]2(C)[C@@]12COC(=O)C2. The van der Waals surface area contributed by atoms with E-state index in [1.165, 1.54) is 6.92 Å². The van der Waals surface area contributed by atoms with E-state index in [1.54, 1.807) is 13.0 Å². The second-order valence-electron chi connectivity index (χ2n) is 17.5. The number of hydrogen-bond donors (Lipinski definition) is 4. The van der Waals surface area contributed by atoms with E-state index in [0.29, 0.717) is 31.4 Å². The van der Waals surface area contributed by atoms with Crippen LogP contribution in [-0.4, -0.2) is 101 Å². The first-order valence-electron chi connectivity index (χ1n) is 18.6. The number of ether oxygens (including phenoxy) is 5. The van der Waals surface area contributed by atoms with Gasteiger partial charge in [0.2, 0.25) is 0 Å². The van der Waals surface area contributed by atoms with Crippen LogP contribution in [0.2, 0.25) is 0 Å². The Kier molecular flexibility index (Phi) is 10.1. The van der Waals surface area contributed by atoms with Crippen molar-refractivity contribution in [3.63, 3.8) is 0 Å². The summed E-state index contributed by atoms with van der Waals surface area (Å²) in [5.41, 5.74) is -0.625. The molecule has 3 aliphatic heterocycles. The monoisotopic (exact) mass is 706 g/mol. The molecule has 3 saturated carbocycles. The van der Waals surface area contributed by atoms with E-state index in [0.717, 1.165) is 32.1 Å². The quantitative estimate of drug-likeness (QED) is 0.165. The predicted molar refractivity (Wildman–Crippen MR) is 178 cm³/mol. The lowest BCUT2D eigenvalue weighted by Gasteiger charge is -2.70. The van der Waals surface area contributed by atoms with Crippen molar-refractivity contribution in [1.82, 2.24) is 0 Å². The number of aliphatic hydroxyl groups is 4. The van der Waals surface area contributed by atoms with E-state index in [2.05, 4.69) is 34.6 Å². The summed E-state index contributed by atoms with van der Waals surface area (Å²) in [6, 6.07) is 0. The smallest absolute Gasteiger partial charge is 0.334 e. The fraction of sp³-hybridized carbons (Fsp3) is 0.868. The zero-order chi connectivity index (χ0) is 36.6. The van der Waals surface area contributed by atoms with Gasteiger partial charge in [-0.3, -0.25) is 9.59 Å². The van der Waals surface area contributed by atoms with Gasteiger partial charge in [-0.25, -0.2) is 4.79 Å². The van der Waals surface area contributed by atoms with Crippen LogP contribution in [0.4, 0.5) is 0 Å². The van der Waals surface area contributed by atoms with Gasteiger partial charge in [0.1, 0.15) is 36.6 Å². The zero-order valence-corrected chi connectivity index (χ0v) is 30.6. The molecule has 0 aromatic rings. The van der Waals surface area contributed by atoms with E-state index < -0.39 is 60.9 Å². The minimum atomic E-state index is -1.50. The molecule has 0 bridgehead atoms. The maximum Gasteiger partial charge on any atom is 0.334 e. The maximum atomic E-state index is 13.1. The molecule has 0 unspecified atom stereocenters. The third-order valence-corrected chi connectivity index (χ3v) is 14.7. The van der Waals surface area contributed by atoms with Gasteiger partial charge in [-0.1, -0.05) is 34.6 Å². The summed E-state index contributed by atoms with van der Waals surface area (Å²) in [5, 5.41) is 41.2. The molecule has 4 N–H and O–H groups in total. The van der Waals surface area contributed by atoms with Crippen molar-refractivity contribution in [2.75, 3.05) is 13.2 Å². The molecule has 0 radical (unpaired) electrons. The second-order valence-corrected chi connectivity index (χ2v) is 17.5. The molecule has 12 nitrogen and oxygen atoms in total. The van der Waals surface area contributed by atoms with Gasteiger partial charge in [0.05, 0.1) is 25.7 Å². The van der Waals surface area contributed by atoms with Crippen LogP contribution < -0.4 is 0 Å². The Morgan fingerprint density at radius 1 is 1.00 bits per heavy atom. The van der Waals surface area contributed by atoms with Crippen LogP contribution >= 0.6 is 0 Å². The van der Waals surface area contributed by atoms with Crippen molar-refractivity contribution < 1.29 is 58.5 Å². The van der Waals surface area contributed by atoms with E-state index >= 15 is 0 Å². The van der Waals surface area contributed by atoms with E-state index in [1.807, 2.05) is 0 Å². The summed E-state index contributed by atoms with van der Waals surface area (Å²) in [6.45, 7) is 14.2. The van der Waals surface area contributed by atoms with Crippen LogP contribution in [0.3, 0.4) is 0 Å². The Morgan fingerprint density at radius 2 is 1.72 bits per heavy atom. The third-order valence-electron chi connectivity index (χ3n) is 14.7. The number of cyclic esters (lactones) is 2. The van der Waals surface area contributed by atoms with Crippen molar-refractivity contribution in [3.05, 3.63) is 11.6 Å². The van der Waals surface area contributed by atoms with Gasteiger partial charge in [0, 0.05) is 24.3 Å². The van der Waals surface area contributed by atoms with E-state index in [9.17, 15) is 34.8 Å². The minimum absolute atomic E-state index is 0.0285. The van der Waals surface area contributed by atoms with Crippen LogP contribution in [0.1, 0.15) is 99.8 Å². The minimum Gasteiger partial charge on any atom is -0.465 e. The first kappa shape index (κ1) is 37.7. The molecule has 1 spiro atoms. The average molecular weight is 707 g/mol. The number of carbonyl (C=O) groups is 3. The number of aliphatic hydroxyl groups excluding tert-OH is 4. The van der Waals surface area contributed by atoms with E-state index in [-0.39, 0.29) is 58.0 Å². The first-order chi connectivity index (χ1) is 23.4. The Hall–Kier alpha value is -2.09. The Balaban J connectivity index is 1.26. The summed E-state index contributed by atoms with van der Waals surface area (Å²) in [5.74, 6) is -0.526. The van der Waals surface area contributed by atoms with Gasteiger partial charge in [-0.15, -0.1) is 0 Å². The molecule has 0 amide bonds. The summed E-state index contributed by atoms with van der Waals surface area (Å²) >= 11 is 0. The van der Waals surface area contributed by atoms with Gasteiger partial charge in [0.15, 0.2) is 6.29 Å².